The molecule has 0 saturated heterocycles. The third kappa shape index (κ3) is 4.69. The van der Waals surface area contributed by atoms with Crippen LogP contribution in [-0.2, 0) is 17.9 Å². The van der Waals surface area contributed by atoms with Gasteiger partial charge in [-0.1, -0.05) is 29.8 Å². The molecule has 11 heteroatoms. The van der Waals surface area contributed by atoms with E-state index in [9.17, 15) is 22.4 Å². The van der Waals surface area contributed by atoms with Crippen molar-refractivity contribution in [1.29, 1.82) is 0 Å². The molecule has 0 aliphatic rings. The number of nitrogens with one attached hydrogen (secondary N) is 1. The third-order valence-electron chi connectivity index (χ3n) is 3.78. The highest BCUT2D eigenvalue weighted by Crippen LogP contribution is 2.25. The zero-order valence-electron chi connectivity index (χ0n) is 14.2. The molecule has 1 aromatic carbocycles. The van der Waals surface area contributed by atoms with Gasteiger partial charge in [0.15, 0.2) is 0 Å². The van der Waals surface area contributed by atoms with Gasteiger partial charge >= 0.3 is 0 Å². The van der Waals surface area contributed by atoms with Crippen LogP contribution < -0.4 is 5.32 Å². The molecule has 6 nitrogen and oxygen atoms in total. The Labute approximate surface area is 161 Å². The summed E-state index contributed by atoms with van der Waals surface area (Å²) in [5.74, 6) is -0.705. The number of carbonyl (C=O) groups is 1. The van der Waals surface area contributed by atoms with Crippen molar-refractivity contribution in [2.24, 2.45) is 0 Å². The van der Waals surface area contributed by atoms with Crippen molar-refractivity contribution in [3.8, 4) is 0 Å². The lowest BCUT2D eigenvalue weighted by Gasteiger charge is -2.07. The average Bonchev–Trinajstić information content (AvgIpc) is 3.24. The minimum atomic E-state index is -3.04. The number of carbonyl (C=O) groups excluding carboxylic acids is 1. The number of aromatic nitrogens is 4. The summed E-state index contributed by atoms with van der Waals surface area (Å²) in [6.45, 7) is -0.274. The number of benzene rings is 1. The van der Waals surface area contributed by atoms with Gasteiger partial charge in [0.25, 0.3) is 12.9 Å². The molecule has 0 atom stereocenters. The first-order valence-electron chi connectivity index (χ1n) is 8.03. The lowest BCUT2D eigenvalue weighted by molar-refractivity contribution is -0.117. The molecule has 0 aliphatic carbocycles. The summed E-state index contributed by atoms with van der Waals surface area (Å²) in [5, 5.41) is 10.5. The number of nitrogens with zero attached hydrogens (tertiary/aromatic N) is 4. The molecular weight excluding hydrogens is 402 g/mol. The fourth-order valence-electron chi connectivity index (χ4n) is 2.51. The lowest BCUT2D eigenvalue weighted by Crippen LogP contribution is -2.21. The summed E-state index contributed by atoms with van der Waals surface area (Å²) in [6, 6.07) is 7.77. The van der Waals surface area contributed by atoms with Crippen LogP contribution in [0.4, 0.5) is 23.2 Å². The number of amides is 1. The van der Waals surface area contributed by atoms with Gasteiger partial charge in [0, 0.05) is 11.2 Å². The fraction of sp³-hybridized carbons (Fsp3) is 0.235. The summed E-state index contributed by atoms with van der Waals surface area (Å²) in [6.07, 6.45) is -3.14. The van der Waals surface area contributed by atoms with E-state index in [1.54, 1.807) is 12.1 Å². The monoisotopic (exact) mass is 415 g/mol. The van der Waals surface area contributed by atoms with E-state index >= 15 is 0 Å². The molecule has 0 saturated carbocycles. The Morgan fingerprint density at radius 1 is 1.18 bits per heavy atom. The van der Waals surface area contributed by atoms with Crippen molar-refractivity contribution in [3.63, 3.8) is 0 Å². The van der Waals surface area contributed by atoms with E-state index in [-0.39, 0.29) is 0 Å². The molecule has 0 fully saturated rings. The largest absolute Gasteiger partial charge is 0.322 e. The van der Waals surface area contributed by atoms with Crippen molar-refractivity contribution >= 4 is 23.2 Å². The van der Waals surface area contributed by atoms with Crippen molar-refractivity contribution in [2.45, 2.75) is 25.9 Å². The van der Waals surface area contributed by atoms with Gasteiger partial charge in [0.2, 0.25) is 5.91 Å². The van der Waals surface area contributed by atoms with Crippen molar-refractivity contribution in [2.75, 3.05) is 5.32 Å². The van der Waals surface area contributed by atoms with Crippen LogP contribution in [-0.4, -0.2) is 25.5 Å². The van der Waals surface area contributed by atoms with E-state index in [1.165, 1.54) is 17.1 Å². The second-order valence-corrected chi connectivity index (χ2v) is 6.23. The van der Waals surface area contributed by atoms with Gasteiger partial charge < -0.3 is 5.32 Å². The number of hydrogen-bond acceptors (Lipinski definition) is 3. The van der Waals surface area contributed by atoms with Crippen LogP contribution in [0, 0.1) is 0 Å². The smallest absolute Gasteiger partial charge is 0.282 e. The molecule has 3 aromatic rings. The van der Waals surface area contributed by atoms with Crippen molar-refractivity contribution in [3.05, 3.63) is 64.7 Å². The molecule has 3 rings (SSSR count). The summed E-state index contributed by atoms with van der Waals surface area (Å²) < 4.78 is 53.4. The maximum absolute atomic E-state index is 13.0. The average molecular weight is 416 g/mol. The van der Waals surface area contributed by atoms with E-state index in [0.29, 0.717) is 28.0 Å². The number of hydrogen-bond donors (Lipinski definition) is 1. The molecule has 0 radical (unpaired) electrons. The molecule has 2 heterocycles. The highest BCUT2D eigenvalue weighted by atomic mass is 35.5. The zero-order valence-corrected chi connectivity index (χ0v) is 15.0. The molecule has 148 valence electrons. The lowest BCUT2D eigenvalue weighted by atomic mass is 10.2. The van der Waals surface area contributed by atoms with Gasteiger partial charge in [-0.2, -0.15) is 10.2 Å². The maximum atomic E-state index is 13.0. The number of alkyl halides is 4. The van der Waals surface area contributed by atoms with Gasteiger partial charge in [-0.05, 0) is 17.7 Å². The minimum Gasteiger partial charge on any atom is -0.322 e. The molecule has 0 aliphatic heterocycles. The standard InChI is InChI=1S/C17H14ClF4N5O/c18-12-4-2-1-3-10(12)7-26-8-11(6-23-26)24-15(28)9-27-14(17(21)22)5-13(25-27)16(19)20/h1-6,8,16-17H,7,9H2,(H,24,28). The van der Waals surface area contributed by atoms with Gasteiger partial charge in [-0.15, -0.1) is 0 Å². The zero-order chi connectivity index (χ0) is 20.3. The summed E-state index contributed by atoms with van der Waals surface area (Å²) in [4.78, 5) is 12.1. The number of rotatable bonds is 7. The molecule has 0 bridgehead atoms. The van der Waals surface area contributed by atoms with Crippen LogP contribution in [0.15, 0.2) is 42.7 Å². The van der Waals surface area contributed by atoms with E-state index in [2.05, 4.69) is 15.5 Å². The van der Waals surface area contributed by atoms with Gasteiger partial charge in [0.05, 0.1) is 18.4 Å². The highest BCUT2D eigenvalue weighted by molar-refractivity contribution is 6.31. The van der Waals surface area contributed by atoms with Crippen LogP contribution >= 0.6 is 11.6 Å². The van der Waals surface area contributed by atoms with Gasteiger partial charge in [-0.25, -0.2) is 17.6 Å². The molecule has 1 amide bonds. The first kappa shape index (κ1) is 19.9. The van der Waals surface area contributed by atoms with Crippen LogP contribution in [0.5, 0.6) is 0 Å². The van der Waals surface area contributed by atoms with E-state index < -0.39 is 36.7 Å². The normalized spacial score (nSPS) is 11.4. The Balaban J connectivity index is 1.66. The molecule has 28 heavy (non-hydrogen) atoms. The van der Waals surface area contributed by atoms with Crippen molar-refractivity contribution < 1.29 is 22.4 Å². The van der Waals surface area contributed by atoms with Gasteiger partial charge in [-0.3, -0.25) is 14.2 Å². The molecule has 0 spiro atoms. The van der Waals surface area contributed by atoms with E-state index in [1.807, 2.05) is 12.1 Å². The van der Waals surface area contributed by atoms with Crippen LogP contribution in [0.2, 0.25) is 5.02 Å². The SMILES string of the molecule is O=C(Cn1nc(C(F)F)cc1C(F)F)Nc1cnn(Cc2ccccc2Cl)c1. The first-order chi connectivity index (χ1) is 13.3. The Morgan fingerprint density at radius 3 is 2.61 bits per heavy atom. The number of halogens is 5. The number of anilines is 1. The summed E-state index contributed by atoms with van der Waals surface area (Å²) in [7, 11) is 0. The van der Waals surface area contributed by atoms with Crippen molar-refractivity contribution in [1.82, 2.24) is 19.6 Å². The molecular formula is C17H14ClF4N5O. The molecule has 1 N–H and O–H groups in total. The first-order valence-corrected chi connectivity index (χ1v) is 8.41. The Bertz CT molecular complexity index is 972. The fourth-order valence-corrected chi connectivity index (χ4v) is 2.71. The minimum absolute atomic E-state index is 0.317. The second-order valence-electron chi connectivity index (χ2n) is 5.82. The van der Waals surface area contributed by atoms with Gasteiger partial charge in [0.1, 0.15) is 17.9 Å². The molecule has 2 aromatic heterocycles. The Morgan fingerprint density at radius 2 is 1.93 bits per heavy atom. The predicted octanol–water partition coefficient (Wildman–Crippen LogP) is 4.30. The third-order valence-corrected chi connectivity index (χ3v) is 4.15. The topological polar surface area (TPSA) is 64.7 Å². The second kappa shape index (κ2) is 8.42. The Kier molecular flexibility index (Phi) is 5.98. The van der Waals surface area contributed by atoms with Crippen LogP contribution in [0.3, 0.4) is 0 Å². The molecule has 0 unspecified atom stereocenters. The highest BCUT2D eigenvalue weighted by Gasteiger charge is 2.22. The van der Waals surface area contributed by atoms with E-state index in [0.717, 1.165) is 5.56 Å². The van der Waals surface area contributed by atoms with Crippen LogP contribution in [0.1, 0.15) is 29.8 Å². The van der Waals surface area contributed by atoms with E-state index in [4.69, 9.17) is 11.6 Å². The summed E-state index contributed by atoms with van der Waals surface area (Å²) in [5.41, 5.74) is -0.421. The maximum Gasteiger partial charge on any atom is 0.282 e. The quantitative estimate of drug-likeness (QED) is 0.585. The van der Waals surface area contributed by atoms with Crippen LogP contribution in [0.25, 0.3) is 0 Å². The summed E-state index contributed by atoms with van der Waals surface area (Å²) >= 11 is 6.08. The Hall–Kier alpha value is -2.88. The predicted molar refractivity (Wildman–Crippen MR) is 93.6 cm³/mol.